The van der Waals surface area contributed by atoms with Crippen molar-refractivity contribution in [2.24, 2.45) is 0 Å². The molecular formula is C15H17FN2O2S. The molecule has 2 heterocycles. The Bertz CT molecular complexity index is 586. The first kappa shape index (κ1) is 14.4. The van der Waals surface area contributed by atoms with Crippen molar-refractivity contribution < 1.29 is 13.9 Å². The number of nitrogens with zero attached hydrogens (tertiary/aromatic N) is 2. The summed E-state index contributed by atoms with van der Waals surface area (Å²) in [5, 5.41) is 2.97. The molecule has 6 heteroatoms. The number of ether oxygens (including phenoxy) is 2. The molecule has 1 fully saturated rings. The van der Waals surface area contributed by atoms with Gasteiger partial charge in [-0.3, -0.25) is 0 Å². The zero-order valence-corrected chi connectivity index (χ0v) is 12.6. The predicted molar refractivity (Wildman–Crippen MR) is 81.3 cm³/mol. The molecule has 4 nitrogen and oxygen atoms in total. The quantitative estimate of drug-likeness (QED) is 0.870. The Balaban J connectivity index is 1.73. The van der Waals surface area contributed by atoms with E-state index in [2.05, 4.69) is 9.88 Å². The minimum Gasteiger partial charge on any atom is -0.382 e. The minimum atomic E-state index is -0.232. The Kier molecular flexibility index (Phi) is 4.48. The van der Waals surface area contributed by atoms with Crippen LogP contribution in [-0.4, -0.2) is 44.5 Å². The predicted octanol–water partition coefficient (Wildman–Crippen LogP) is 2.80. The van der Waals surface area contributed by atoms with Crippen LogP contribution in [0.2, 0.25) is 0 Å². The summed E-state index contributed by atoms with van der Waals surface area (Å²) in [6, 6.07) is 6.41. The molecule has 1 aliphatic heterocycles. The Morgan fingerprint density at radius 2 is 2.24 bits per heavy atom. The van der Waals surface area contributed by atoms with Crippen LogP contribution in [0.4, 0.5) is 9.52 Å². The van der Waals surface area contributed by atoms with Crippen molar-refractivity contribution in [3.8, 4) is 11.3 Å². The zero-order chi connectivity index (χ0) is 14.7. The molecule has 3 rings (SSSR count). The summed E-state index contributed by atoms with van der Waals surface area (Å²) in [5.41, 5.74) is 1.81. The van der Waals surface area contributed by atoms with E-state index < -0.39 is 0 Å². The van der Waals surface area contributed by atoms with Gasteiger partial charge < -0.3 is 14.4 Å². The van der Waals surface area contributed by atoms with Crippen molar-refractivity contribution >= 4 is 16.5 Å². The molecule has 2 aromatic rings. The largest absolute Gasteiger partial charge is 0.382 e. The fourth-order valence-corrected chi connectivity index (χ4v) is 3.21. The van der Waals surface area contributed by atoms with Crippen molar-refractivity contribution in [3.05, 3.63) is 35.5 Å². The van der Waals surface area contributed by atoms with Gasteiger partial charge in [0.2, 0.25) is 0 Å². The lowest BCUT2D eigenvalue weighted by Gasteiger charge is -2.32. The molecule has 0 N–H and O–H groups in total. The summed E-state index contributed by atoms with van der Waals surface area (Å²) >= 11 is 1.60. The average Bonchev–Trinajstić information content (AvgIpc) is 2.98. The van der Waals surface area contributed by atoms with Gasteiger partial charge in [0.25, 0.3) is 0 Å². The zero-order valence-electron chi connectivity index (χ0n) is 11.8. The van der Waals surface area contributed by atoms with E-state index in [9.17, 15) is 4.39 Å². The van der Waals surface area contributed by atoms with Gasteiger partial charge in [-0.25, -0.2) is 9.37 Å². The summed E-state index contributed by atoms with van der Waals surface area (Å²) in [4.78, 5) is 6.87. The molecule has 0 saturated carbocycles. The molecule has 1 saturated heterocycles. The highest BCUT2D eigenvalue weighted by Crippen LogP contribution is 2.28. The Hall–Kier alpha value is -1.50. The van der Waals surface area contributed by atoms with Gasteiger partial charge in [0.1, 0.15) is 5.82 Å². The van der Waals surface area contributed by atoms with Crippen LogP contribution in [0, 0.1) is 5.82 Å². The van der Waals surface area contributed by atoms with E-state index in [1.807, 2.05) is 5.38 Å². The average molecular weight is 308 g/mol. The highest BCUT2D eigenvalue weighted by atomic mass is 32.1. The van der Waals surface area contributed by atoms with E-state index >= 15 is 0 Å². The molecular weight excluding hydrogens is 291 g/mol. The van der Waals surface area contributed by atoms with Gasteiger partial charge in [-0.2, -0.15) is 0 Å². The van der Waals surface area contributed by atoms with Gasteiger partial charge in [0.15, 0.2) is 5.13 Å². The van der Waals surface area contributed by atoms with E-state index in [0.29, 0.717) is 13.2 Å². The number of hydrogen-bond acceptors (Lipinski definition) is 5. The molecule has 0 aliphatic carbocycles. The monoisotopic (exact) mass is 308 g/mol. The molecule has 0 spiro atoms. The first-order valence-electron chi connectivity index (χ1n) is 6.83. The number of anilines is 1. The number of halogens is 1. The molecule has 1 atom stereocenters. The van der Waals surface area contributed by atoms with Gasteiger partial charge in [0, 0.05) is 31.1 Å². The van der Waals surface area contributed by atoms with Crippen molar-refractivity contribution in [2.75, 3.05) is 38.3 Å². The second kappa shape index (κ2) is 6.51. The Labute approximate surface area is 127 Å². The van der Waals surface area contributed by atoms with Crippen molar-refractivity contribution in [2.45, 2.75) is 6.10 Å². The van der Waals surface area contributed by atoms with Crippen LogP contribution in [0.1, 0.15) is 0 Å². The van der Waals surface area contributed by atoms with Gasteiger partial charge in [-0.15, -0.1) is 11.3 Å². The fourth-order valence-electron chi connectivity index (χ4n) is 2.34. The second-order valence-electron chi connectivity index (χ2n) is 4.92. The lowest BCUT2D eigenvalue weighted by molar-refractivity contribution is -0.0100. The number of morpholine rings is 1. The van der Waals surface area contributed by atoms with Crippen LogP contribution < -0.4 is 4.90 Å². The van der Waals surface area contributed by atoms with Crippen molar-refractivity contribution in [3.63, 3.8) is 0 Å². The fraction of sp³-hybridized carbons (Fsp3) is 0.400. The third-order valence-electron chi connectivity index (χ3n) is 3.39. The molecule has 21 heavy (non-hydrogen) atoms. The van der Waals surface area contributed by atoms with Crippen LogP contribution in [0.25, 0.3) is 11.3 Å². The topological polar surface area (TPSA) is 34.6 Å². The SMILES string of the molecule is COC[C@H]1CN(c2nc(-c3ccc(F)cc3)cs2)CCO1. The van der Waals surface area contributed by atoms with E-state index in [1.54, 1.807) is 30.6 Å². The van der Waals surface area contributed by atoms with E-state index in [0.717, 1.165) is 29.5 Å². The Morgan fingerprint density at radius 3 is 3.00 bits per heavy atom. The molecule has 0 amide bonds. The van der Waals surface area contributed by atoms with E-state index in [-0.39, 0.29) is 11.9 Å². The van der Waals surface area contributed by atoms with Crippen LogP contribution >= 0.6 is 11.3 Å². The molecule has 0 bridgehead atoms. The number of thiazole rings is 1. The number of benzene rings is 1. The summed E-state index contributed by atoms with van der Waals surface area (Å²) in [6.45, 7) is 2.88. The lowest BCUT2D eigenvalue weighted by atomic mass is 10.2. The maximum Gasteiger partial charge on any atom is 0.186 e. The summed E-state index contributed by atoms with van der Waals surface area (Å²) in [7, 11) is 1.68. The maximum atomic E-state index is 13.0. The van der Waals surface area contributed by atoms with Crippen LogP contribution in [-0.2, 0) is 9.47 Å². The third-order valence-corrected chi connectivity index (χ3v) is 4.30. The molecule has 0 unspecified atom stereocenters. The van der Waals surface area contributed by atoms with Crippen LogP contribution in [0.5, 0.6) is 0 Å². The first-order valence-corrected chi connectivity index (χ1v) is 7.71. The first-order chi connectivity index (χ1) is 10.3. The van der Waals surface area contributed by atoms with E-state index in [4.69, 9.17) is 9.47 Å². The van der Waals surface area contributed by atoms with Gasteiger partial charge in [-0.05, 0) is 24.3 Å². The van der Waals surface area contributed by atoms with Crippen molar-refractivity contribution in [1.82, 2.24) is 4.98 Å². The third kappa shape index (κ3) is 3.40. The standard InChI is InChI=1S/C15H17FN2O2S/c1-19-9-13-8-18(6-7-20-13)15-17-14(10-21-15)11-2-4-12(16)5-3-11/h2-5,10,13H,6-9H2,1H3/t13-/m1/s1. The molecule has 1 aromatic carbocycles. The minimum absolute atomic E-state index is 0.0851. The summed E-state index contributed by atoms with van der Waals surface area (Å²) in [5.74, 6) is -0.232. The highest BCUT2D eigenvalue weighted by molar-refractivity contribution is 7.14. The lowest BCUT2D eigenvalue weighted by Crippen LogP contribution is -2.44. The number of aromatic nitrogens is 1. The molecule has 1 aliphatic rings. The Morgan fingerprint density at radius 1 is 1.43 bits per heavy atom. The summed E-state index contributed by atoms with van der Waals surface area (Å²) in [6.07, 6.45) is 0.0851. The number of hydrogen-bond donors (Lipinski definition) is 0. The molecule has 1 aromatic heterocycles. The van der Waals surface area contributed by atoms with E-state index in [1.165, 1.54) is 12.1 Å². The van der Waals surface area contributed by atoms with Crippen LogP contribution in [0.3, 0.4) is 0 Å². The summed E-state index contributed by atoms with van der Waals surface area (Å²) < 4.78 is 23.8. The normalized spacial score (nSPS) is 19.0. The molecule has 0 radical (unpaired) electrons. The van der Waals surface area contributed by atoms with Gasteiger partial charge >= 0.3 is 0 Å². The van der Waals surface area contributed by atoms with Crippen LogP contribution in [0.15, 0.2) is 29.6 Å². The maximum absolute atomic E-state index is 13.0. The van der Waals surface area contributed by atoms with Gasteiger partial charge in [0.05, 0.1) is 25.0 Å². The second-order valence-corrected chi connectivity index (χ2v) is 5.75. The number of methoxy groups -OCH3 is 1. The van der Waals surface area contributed by atoms with Gasteiger partial charge in [-0.1, -0.05) is 0 Å². The van der Waals surface area contributed by atoms with Crippen molar-refractivity contribution in [1.29, 1.82) is 0 Å². The molecule has 112 valence electrons. The number of rotatable bonds is 4. The highest BCUT2D eigenvalue weighted by Gasteiger charge is 2.22. The smallest absolute Gasteiger partial charge is 0.186 e.